The van der Waals surface area contributed by atoms with Crippen LogP contribution in [0, 0.1) is 0 Å². The lowest BCUT2D eigenvalue weighted by Gasteiger charge is -2.08. The predicted octanol–water partition coefficient (Wildman–Crippen LogP) is 6.72. The Kier molecular flexibility index (Phi) is 5.62. The molecule has 132 valence electrons. The molecule has 0 aliphatic heterocycles. The highest BCUT2D eigenvalue weighted by molar-refractivity contribution is 5.84. The van der Waals surface area contributed by atoms with Crippen LogP contribution in [0.2, 0.25) is 0 Å². The average Bonchev–Trinajstić information content (AvgIpc) is 2.67. The van der Waals surface area contributed by atoms with E-state index in [0.717, 1.165) is 5.52 Å². The quantitative estimate of drug-likeness (QED) is 0.404. The molecule has 2 aromatic heterocycles. The van der Waals surface area contributed by atoms with E-state index >= 15 is 0 Å². The Morgan fingerprint density at radius 3 is 2.00 bits per heavy atom. The zero-order chi connectivity index (χ0) is 18.5. The lowest BCUT2D eigenvalue weighted by Crippen LogP contribution is -1.92. The number of hydrogen-bond acceptors (Lipinski definition) is 2. The minimum atomic E-state index is 0.492. The van der Waals surface area contributed by atoms with Gasteiger partial charge >= 0.3 is 0 Å². The molecule has 2 aromatic carbocycles. The van der Waals surface area contributed by atoms with Crippen LogP contribution >= 0.6 is 0 Å². The van der Waals surface area contributed by atoms with Gasteiger partial charge < -0.3 is 0 Å². The smallest absolute Gasteiger partial charge is 0.0704 e. The minimum absolute atomic E-state index is 0.492. The highest BCUT2D eigenvalue weighted by atomic mass is 14.7. The number of hydrogen-bond donors (Lipinski definition) is 0. The first kappa shape index (κ1) is 18.1. The second-order valence-corrected chi connectivity index (χ2v) is 7.14. The van der Waals surface area contributed by atoms with E-state index in [0.29, 0.717) is 11.8 Å². The molecule has 2 heteroatoms. The fraction of sp³-hybridized carbons (Fsp3) is 0.250. The third-order valence-electron chi connectivity index (χ3n) is 4.56. The Hall–Kier alpha value is -2.74. The molecule has 0 N–H and O–H groups in total. The predicted molar refractivity (Wildman–Crippen MR) is 112 cm³/mol. The van der Waals surface area contributed by atoms with Crippen LogP contribution in [-0.2, 0) is 0 Å². The number of nitrogens with zero attached hydrogens (tertiary/aromatic N) is 2. The molecule has 2 nitrogen and oxygen atoms in total. The number of aromatic nitrogens is 2. The van der Waals surface area contributed by atoms with Gasteiger partial charge in [-0.05, 0) is 41.0 Å². The summed E-state index contributed by atoms with van der Waals surface area (Å²) >= 11 is 0. The molecule has 26 heavy (non-hydrogen) atoms. The maximum absolute atomic E-state index is 4.41. The van der Waals surface area contributed by atoms with Crippen LogP contribution in [0.5, 0.6) is 0 Å². The van der Waals surface area contributed by atoms with Crippen molar-refractivity contribution >= 4 is 21.7 Å². The van der Waals surface area contributed by atoms with Crippen molar-refractivity contribution in [3.8, 4) is 0 Å². The Morgan fingerprint density at radius 1 is 0.615 bits per heavy atom. The summed E-state index contributed by atoms with van der Waals surface area (Å²) in [6.45, 7) is 8.77. The molecule has 0 unspecified atom stereocenters. The maximum Gasteiger partial charge on any atom is 0.0704 e. The first-order chi connectivity index (χ1) is 12.6. The average molecular weight is 342 g/mol. The molecule has 0 fully saturated rings. The Labute approximate surface area is 155 Å². The van der Waals surface area contributed by atoms with E-state index < -0.39 is 0 Å². The van der Waals surface area contributed by atoms with E-state index in [1.165, 1.54) is 27.4 Å². The van der Waals surface area contributed by atoms with Gasteiger partial charge in [-0.15, -0.1) is 0 Å². The van der Waals surface area contributed by atoms with Gasteiger partial charge in [-0.1, -0.05) is 70.2 Å². The van der Waals surface area contributed by atoms with Crippen molar-refractivity contribution in [2.75, 3.05) is 0 Å². The summed E-state index contributed by atoms with van der Waals surface area (Å²) in [5.74, 6) is 1.05. The van der Waals surface area contributed by atoms with Gasteiger partial charge in [-0.25, -0.2) is 0 Å². The number of benzene rings is 2. The molecule has 0 saturated carbocycles. The van der Waals surface area contributed by atoms with Crippen molar-refractivity contribution in [3.63, 3.8) is 0 Å². The molecule has 0 aliphatic rings. The summed E-state index contributed by atoms with van der Waals surface area (Å²) in [5.41, 5.74) is 3.66. The summed E-state index contributed by atoms with van der Waals surface area (Å²) < 4.78 is 0. The number of fused-ring (bicyclic) bond motifs is 2. The standard InChI is InChI=1S/2C12H13N/c1-9(2)10-7-8-13-12-6-4-3-5-11(10)12;1-9(2)12-11-6-4-3-5-10(11)7-8-13-12/h2*3-9H,1-2H3. The highest BCUT2D eigenvalue weighted by Gasteiger charge is 2.05. The third kappa shape index (κ3) is 3.91. The summed E-state index contributed by atoms with van der Waals surface area (Å²) in [5, 5.41) is 3.83. The summed E-state index contributed by atoms with van der Waals surface area (Å²) in [6.07, 6.45) is 3.77. The fourth-order valence-electron chi connectivity index (χ4n) is 3.22. The third-order valence-corrected chi connectivity index (χ3v) is 4.56. The molecular formula is C24H26N2. The molecule has 2 heterocycles. The van der Waals surface area contributed by atoms with Crippen LogP contribution in [0.15, 0.2) is 73.1 Å². The van der Waals surface area contributed by atoms with Gasteiger partial charge in [0.2, 0.25) is 0 Å². The minimum Gasteiger partial charge on any atom is -0.260 e. The fourth-order valence-corrected chi connectivity index (χ4v) is 3.22. The SMILES string of the molecule is CC(C)c1ccnc2ccccc12.CC(C)c1nccc2ccccc12. The topological polar surface area (TPSA) is 25.8 Å². The first-order valence-electron chi connectivity index (χ1n) is 9.25. The molecule has 0 radical (unpaired) electrons. The number of para-hydroxylation sites is 1. The van der Waals surface area contributed by atoms with Gasteiger partial charge in [-0.3, -0.25) is 9.97 Å². The normalized spacial score (nSPS) is 11.0. The van der Waals surface area contributed by atoms with Crippen molar-refractivity contribution in [1.29, 1.82) is 0 Å². The van der Waals surface area contributed by atoms with Crippen LogP contribution in [0.3, 0.4) is 0 Å². The van der Waals surface area contributed by atoms with Crippen LogP contribution in [-0.4, -0.2) is 9.97 Å². The molecular weight excluding hydrogens is 316 g/mol. The molecule has 0 atom stereocenters. The summed E-state index contributed by atoms with van der Waals surface area (Å²) in [7, 11) is 0. The first-order valence-corrected chi connectivity index (χ1v) is 9.25. The van der Waals surface area contributed by atoms with Crippen LogP contribution < -0.4 is 0 Å². The molecule has 4 aromatic rings. The zero-order valence-corrected chi connectivity index (χ0v) is 16.0. The van der Waals surface area contributed by atoms with Gasteiger partial charge in [0.1, 0.15) is 0 Å². The van der Waals surface area contributed by atoms with Gasteiger partial charge in [0, 0.05) is 23.2 Å². The molecule has 0 saturated heterocycles. The van der Waals surface area contributed by atoms with Gasteiger partial charge in [-0.2, -0.15) is 0 Å². The second-order valence-electron chi connectivity index (χ2n) is 7.14. The van der Waals surface area contributed by atoms with Crippen LogP contribution in [0.25, 0.3) is 21.7 Å². The highest BCUT2D eigenvalue weighted by Crippen LogP contribution is 2.23. The maximum atomic E-state index is 4.41. The summed E-state index contributed by atoms with van der Waals surface area (Å²) in [6, 6.07) is 20.8. The number of rotatable bonds is 2. The van der Waals surface area contributed by atoms with Crippen LogP contribution in [0.4, 0.5) is 0 Å². The van der Waals surface area contributed by atoms with E-state index in [-0.39, 0.29) is 0 Å². The van der Waals surface area contributed by atoms with Gasteiger partial charge in [0.25, 0.3) is 0 Å². The van der Waals surface area contributed by atoms with Crippen molar-refractivity contribution < 1.29 is 0 Å². The Bertz CT molecular complexity index is 909. The molecule has 4 rings (SSSR count). The van der Waals surface area contributed by atoms with E-state index in [1.54, 1.807) is 0 Å². The monoisotopic (exact) mass is 342 g/mol. The van der Waals surface area contributed by atoms with E-state index in [1.807, 2.05) is 18.5 Å². The van der Waals surface area contributed by atoms with Crippen molar-refractivity contribution in [3.05, 3.63) is 84.3 Å². The van der Waals surface area contributed by atoms with Crippen molar-refractivity contribution in [2.24, 2.45) is 0 Å². The largest absolute Gasteiger partial charge is 0.260 e. The van der Waals surface area contributed by atoms with E-state index in [9.17, 15) is 0 Å². The van der Waals surface area contributed by atoms with Crippen LogP contribution in [0.1, 0.15) is 50.8 Å². The van der Waals surface area contributed by atoms with E-state index in [4.69, 9.17) is 0 Å². The van der Waals surface area contributed by atoms with E-state index in [2.05, 4.69) is 92.3 Å². The van der Waals surface area contributed by atoms with Gasteiger partial charge in [0.15, 0.2) is 0 Å². The number of pyridine rings is 2. The second kappa shape index (κ2) is 8.09. The van der Waals surface area contributed by atoms with Gasteiger partial charge in [0.05, 0.1) is 11.2 Å². The molecule has 0 spiro atoms. The van der Waals surface area contributed by atoms with Crippen molar-refractivity contribution in [1.82, 2.24) is 9.97 Å². The Balaban J connectivity index is 0.000000151. The Morgan fingerprint density at radius 2 is 1.27 bits per heavy atom. The summed E-state index contributed by atoms with van der Waals surface area (Å²) in [4.78, 5) is 8.73. The lowest BCUT2D eigenvalue weighted by atomic mass is 9.99. The molecule has 0 amide bonds. The molecule has 0 aliphatic carbocycles. The van der Waals surface area contributed by atoms with Crippen molar-refractivity contribution in [2.45, 2.75) is 39.5 Å². The zero-order valence-electron chi connectivity index (χ0n) is 16.0. The molecule has 0 bridgehead atoms. The lowest BCUT2D eigenvalue weighted by molar-refractivity contribution is 0.834.